The van der Waals surface area contributed by atoms with Crippen LogP contribution in [0.15, 0.2) is 112 Å². The highest BCUT2D eigenvalue weighted by Crippen LogP contribution is 2.48. The molecule has 0 unspecified atom stereocenters. The molecule has 5 aromatic carbocycles. The van der Waals surface area contributed by atoms with E-state index in [9.17, 15) is 39.5 Å². The third kappa shape index (κ3) is 10.5. The van der Waals surface area contributed by atoms with Crippen molar-refractivity contribution in [1.29, 1.82) is 0 Å². The fourth-order valence-electron chi connectivity index (χ4n) is 5.02. The van der Waals surface area contributed by atoms with Crippen molar-refractivity contribution in [3.63, 3.8) is 0 Å². The van der Waals surface area contributed by atoms with Crippen molar-refractivity contribution in [1.82, 2.24) is 0 Å². The molecule has 0 atom stereocenters. The van der Waals surface area contributed by atoms with E-state index >= 15 is 0 Å². The van der Waals surface area contributed by atoms with Gasteiger partial charge in [0.25, 0.3) is 20.2 Å². The molecule has 0 bridgehead atoms. The second-order valence-electron chi connectivity index (χ2n) is 10.7. The van der Waals surface area contributed by atoms with Gasteiger partial charge < -0.3 is 10.8 Å². The van der Waals surface area contributed by atoms with Crippen molar-refractivity contribution in [3.8, 4) is 5.75 Å². The normalized spacial score (nSPS) is 12.8. The van der Waals surface area contributed by atoms with Gasteiger partial charge in [-0.2, -0.15) is 16.8 Å². The summed E-state index contributed by atoms with van der Waals surface area (Å²) in [4.78, 5) is -2.17. The number of aromatic hydroxyl groups is 1. The van der Waals surface area contributed by atoms with Gasteiger partial charge in [0, 0.05) is 21.1 Å². The minimum absolute atomic E-state index is 0.0197. The zero-order valence-electron chi connectivity index (χ0n) is 28.1. The SMILES string of the molecule is Nc1ccc2c(O)c(N=Nc3ccc4c(SOOO)cccc4c3S(=O)(=O)O)c(SOOO)cc2c1N=Nc1ccc(S(=O)(=O)CCOSOOO)cc1S(=O)(=O)O. The van der Waals surface area contributed by atoms with Gasteiger partial charge >= 0.3 is 0 Å². The monoisotopic (exact) mass is 925 g/mol. The first-order valence-corrected chi connectivity index (χ1v) is 21.5. The van der Waals surface area contributed by atoms with Gasteiger partial charge in [-0.3, -0.25) is 13.3 Å². The molecule has 0 saturated heterocycles. The summed E-state index contributed by atoms with van der Waals surface area (Å²) in [7, 11) is -14.4. The molecule has 30 heteroatoms. The number of phenolic OH excluding ortho intramolecular Hbond substituents is 1. The van der Waals surface area contributed by atoms with E-state index in [4.69, 9.17) is 25.7 Å². The number of azo groups is 2. The molecular formula is C28H23N5O19S6. The number of nitrogens with two attached hydrogens (primary N) is 1. The molecule has 58 heavy (non-hydrogen) atoms. The van der Waals surface area contributed by atoms with Crippen LogP contribution < -0.4 is 5.73 Å². The topological polar surface area (TPSA) is 364 Å². The van der Waals surface area contributed by atoms with Crippen LogP contribution in [-0.4, -0.2) is 67.6 Å². The average molecular weight is 926 g/mol. The van der Waals surface area contributed by atoms with E-state index in [2.05, 4.69) is 48.6 Å². The van der Waals surface area contributed by atoms with E-state index in [-0.39, 0.29) is 67.1 Å². The molecular weight excluding hydrogens is 903 g/mol. The molecule has 5 aromatic rings. The lowest BCUT2D eigenvalue weighted by Crippen LogP contribution is -2.12. The van der Waals surface area contributed by atoms with Crippen LogP contribution in [-0.2, 0) is 62.4 Å². The average Bonchev–Trinajstić information content (AvgIpc) is 3.17. The van der Waals surface area contributed by atoms with Crippen molar-refractivity contribution in [2.45, 2.75) is 24.5 Å². The minimum atomic E-state index is -5.14. The number of hydrogen-bond donors (Lipinski definition) is 7. The van der Waals surface area contributed by atoms with Crippen molar-refractivity contribution in [2.24, 2.45) is 20.5 Å². The molecule has 0 amide bonds. The summed E-state index contributed by atoms with van der Waals surface area (Å²) < 4.78 is 113. The maximum absolute atomic E-state index is 12.8. The van der Waals surface area contributed by atoms with Crippen LogP contribution in [0.3, 0.4) is 0 Å². The molecule has 24 nitrogen and oxygen atoms in total. The first-order chi connectivity index (χ1) is 27.5. The fraction of sp³-hybridized carbons (Fsp3) is 0.0714. The largest absolute Gasteiger partial charge is 0.505 e. The van der Waals surface area contributed by atoms with E-state index < -0.39 is 79.9 Å². The Bertz CT molecular complexity index is 2740. The quantitative estimate of drug-likeness (QED) is 0.00815. The molecule has 0 radical (unpaired) electrons. The lowest BCUT2D eigenvalue weighted by Gasteiger charge is -2.12. The van der Waals surface area contributed by atoms with Crippen LogP contribution >= 0.6 is 36.4 Å². The zero-order chi connectivity index (χ0) is 42.3. The summed E-state index contributed by atoms with van der Waals surface area (Å²) in [5.41, 5.74) is 4.45. The maximum Gasteiger partial charge on any atom is 0.297 e. The standard InChI is InChI=1S/C28H23N5O19S6/c29-19-7-5-16-18(25(19)32-30-20-8-4-14(12-24(20)57(40,41)42)56(38,39)11-10-46-55-52-49-37)13-23(54-51-48-36)26(27(16)34)33-31-21-9-6-15-17(28(21)58(43,44)45)2-1-3-22(15)53-50-47-35/h1-9,12-13,34-37H,10-11,29H2,(H,40,41,42)(H,43,44,45). The predicted octanol–water partition coefficient (Wildman–Crippen LogP) is 7.24. The van der Waals surface area contributed by atoms with Gasteiger partial charge in [-0.25, -0.2) is 24.2 Å². The van der Waals surface area contributed by atoms with Crippen LogP contribution in [0.4, 0.5) is 28.4 Å². The van der Waals surface area contributed by atoms with Crippen LogP contribution in [0.25, 0.3) is 21.5 Å². The molecule has 0 aromatic heterocycles. The number of benzene rings is 5. The summed E-state index contributed by atoms with van der Waals surface area (Å²) in [5.74, 6) is -1.37. The highest BCUT2D eigenvalue weighted by Gasteiger charge is 2.25. The summed E-state index contributed by atoms with van der Waals surface area (Å²) >= 11 is 0.901. The fourth-order valence-corrected chi connectivity index (χ4v) is 9.00. The number of nitrogen functional groups attached to an aromatic ring is 1. The van der Waals surface area contributed by atoms with E-state index in [1.54, 1.807) is 0 Å². The minimum Gasteiger partial charge on any atom is -0.505 e. The summed E-state index contributed by atoms with van der Waals surface area (Å²) in [5, 5.41) is 63.5. The Morgan fingerprint density at radius 3 is 1.95 bits per heavy atom. The number of nitrogens with zero attached hydrogens (tertiary/aromatic N) is 4. The Labute approximate surface area is 338 Å². The van der Waals surface area contributed by atoms with E-state index in [1.165, 1.54) is 48.5 Å². The molecule has 0 aliphatic heterocycles. The van der Waals surface area contributed by atoms with Gasteiger partial charge in [-0.1, -0.05) is 33.3 Å². The lowest BCUT2D eigenvalue weighted by molar-refractivity contribution is -0.434. The number of hydrogen-bond acceptors (Lipinski definition) is 25. The zero-order valence-corrected chi connectivity index (χ0v) is 33.0. The number of anilines is 1. The van der Waals surface area contributed by atoms with Crippen molar-refractivity contribution >= 4 is 116 Å². The van der Waals surface area contributed by atoms with Gasteiger partial charge in [-0.15, -0.1) is 33.5 Å². The van der Waals surface area contributed by atoms with Crippen molar-refractivity contribution in [2.75, 3.05) is 18.1 Å². The van der Waals surface area contributed by atoms with E-state index in [0.29, 0.717) is 18.1 Å². The Kier molecular flexibility index (Phi) is 14.9. The van der Waals surface area contributed by atoms with Crippen LogP contribution in [0.2, 0.25) is 0 Å². The Morgan fingerprint density at radius 2 is 1.28 bits per heavy atom. The molecule has 5 rings (SSSR count). The predicted molar refractivity (Wildman–Crippen MR) is 200 cm³/mol. The second-order valence-corrected chi connectivity index (χ2v) is 17.6. The first kappa shape index (κ1) is 44.9. The molecule has 0 aliphatic rings. The molecule has 0 aliphatic carbocycles. The van der Waals surface area contributed by atoms with Gasteiger partial charge in [0.2, 0.25) is 0 Å². The summed E-state index contributed by atoms with van der Waals surface area (Å²) in [6.07, 6.45) is 0. The molecule has 0 heterocycles. The third-order valence-electron chi connectivity index (χ3n) is 7.38. The smallest absolute Gasteiger partial charge is 0.297 e. The Morgan fingerprint density at radius 1 is 0.638 bits per heavy atom. The Hall–Kier alpha value is -4.16. The summed E-state index contributed by atoms with van der Waals surface area (Å²) in [6.45, 7) is -0.500. The van der Waals surface area contributed by atoms with E-state index in [1.807, 2.05) is 0 Å². The van der Waals surface area contributed by atoms with Gasteiger partial charge in [0.05, 0.1) is 51.9 Å². The second kappa shape index (κ2) is 19.3. The lowest BCUT2D eigenvalue weighted by atomic mass is 10.1. The third-order valence-corrected chi connectivity index (χ3v) is 12.5. The molecule has 0 fully saturated rings. The Balaban J connectivity index is 1.59. The number of rotatable bonds is 19. The highest BCUT2D eigenvalue weighted by molar-refractivity contribution is 7.95. The summed E-state index contributed by atoms with van der Waals surface area (Å²) in [6, 6.07) is 13.1. The van der Waals surface area contributed by atoms with Gasteiger partial charge in [0.1, 0.15) is 32.5 Å². The first-order valence-electron chi connectivity index (χ1n) is 14.9. The number of fused-ring (bicyclic) bond motifs is 2. The van der Waals surface area contributed by atoms with Crippen molar-refractivity contribution < 1.29 is 87.5 Å². The van der Waals surface area contributed by atoms with Gasteiger partial charge in [0.15, 0.2) is 27.9 Å². The highest BCUT2D eigenvalue weighted by atomic mass is 32.2. The molecule has 0 spiro atoms. The molecule has 310 valence electrons. The van der Waals surface area contributed by atoms with Crippen LogP contribution in [0.1, 0.15) is 0 Å². The van der Waals surface area contributed by atoms with Crippen molar-refractivity contribution in [3.05, 3.63) is 66.7 Å². The number of sulfone groups is 1. The van der Waals surface area contributed by atoms with Crippen LogP contribution in [0.5, 0.6) is 5.75 Å². The van der Waals surface area contributed by atoms with Gasteiger partial charge in [-0.05, 0) is 53.9 Å². The maximum atomic E-state index is 12.8. The molecule has 0 saturated carbocycles. The van der Waals surface area contributed by atoms with E-state index in [0.717, 1.165) is 12.1 Å². The molecule has 8 N–H and O–H groups in total. The van der Waals surface area contributed by atoms with Crippen LogP contribution in [0, 0.1) is 0 Å². The number of phenols is 1.